The number of phenols is 1. The van der Waals surface area contributed by atoms with Crippen LogP contribution >= 0.6 is 0 Å². The number of allylic oxidation sites excluding steroid dienone is 1. The minimum atomic E-state index is -4.49. The van der Waals surface area contributed by atoms with Crippen LogP contribution < -0.4 is 4.74 Å². The van der Waals surface area contributed by atoms with Crippen LogP contribution in [0.4, 0.5) is 13.2 Å². The van der Waals surface area contributed by atoms with Crippen LogP contribution in [-0.2, 0) is 6.18 Å². The molecule has 6 heteroatoms. The summed E-state index contributed by atoms with van der Waals surface area (Å²) in [7, 11) is 1.33. The van der Waals surface area contributed by atoms with Crippen molar-refractivity contribution in [2.75, 3.05) is 7.11 Å². The number of phenolic OH excluding ortho intramolecular Hbond substituents is 1. The summed E-state index contributed by atoms with van der Waals surface area (Å²) in [6, 6.07) is 8.94. The highest BCUT2D eigenvalue weighted by atomic mass is 19.4. The lowest BCUT2D eigenvalue weighted by atomic mass is 10.0. The van der Waals surface area contributed by atoms with E-state index in [9.17, 15) is 23.1 Å². The molecule has 0 amide bonds. The van der Waals surface area contributed by atoms with E-state index in [2.05, 4.69) is 0 Å². The predicted molar refractivity (Wildman–Crippen MR) is 79.5 cm³/mol. The molecule has 0 unspecified atom stereocenters. The van der Waals surface area contributed by atoms with Crippen LogP contribution in [0.3, 0.4) is 0 Å². The molecule has 0 saturated heterocycles. The zero-order valence-corrected chi connectivity index (χ0v) is 12.1. The van der Waals surface area contributed by atoms with Gasteiger partial charge in [-0.25, -0.2) is 0 Å². The number of hydrogen-bond acceptors (Lipinski definition) is 3. The van der Waals surface area contributed by atoms with Crippen LogP contribution in [-0.4, -0.2) is 18.0 Å². The predicted octanol–water partition coefficient (Wildman–Crippen LogP) is 4.32. The summed E-state index contributed by atoms with van der Waals surface area (Å²) in [6.45, 7) is 0. The molecule has 0 radical (unpaired) electrons. The average molecular weight is 322 g/mol. The minimum absolute atomic E-state index is 0.0981. The van der Waals surface area contributed by atoms with Crippen molar-refractivity contribution in [3.8, 4) is 11.5 Å². The minimum Gasteiger partial charge on any atom is -0.504 e. The fourth-order valence-electron chi connectivity index (χ4n) is 1.99. The molecule has 0 heterocycles. The van der Waals surface area contributed by atoms with Crippen LogP contribution in [0.25, 0.3) is 6.08 Å². The first-order valence-electron chi connectivity index (χ1n) is 6.58. The molecular weight excluding hydrogens is 309 g/mol. The lowest BCUT2D eigenvalue weighted by Crippen LogP contribution is -2.07. The summed E-state index contributed by atoms with van der Waals surface area (Å²) in [4.78, 5) is 12.1. The molecule has 1 N–H and O–H groups in total. The molecular formula is C17H13F3O3. The number of hydrogen-bond donors (Lipinski definition) is 1. The third-order valence-corrected chi connectivity index (χ3v) is 3.14. The number of methoxy groups -OCH3 is 1. The molecule has 23 heavy (non-hydrogen) atoms. The molecule has 0 saturated carbocycles. The number of carbonyl (C=O) groups excluding carboxylic acids is 1. The zero-order chi connectivity index (χ0) is 17.0. The van der Waals surface area contributed by atoms with Crippen LogP contribution in [0.2, 0.25) is 0 Å². The smallest absolute Gasteiger partial charge is 0.416 e. The van der Waals surface area contributed by atoms with E-state index < -0.39 is 17.5 Å². The standard InChI is InChI=1S/C17H13F3O3/c1-23-16-10-12(7-9-15(16)22)14(21)8-6-11-4-2-3-5-13(11)17(18,19)20/h2-10,22H,1H3/b8-6+. The molecule has 0 bridgehead atoms. The van der Waals surface area contributed by atoms with Gasteiger partial charge in [0.2, 0.25) is 0 Å². The fraction of sp³-hybridized carbons (Fsp3) is 0.118. The lowest BCUT2D eigenvalue weighted by Gasteiger charge is -2.09. The Bertz CT molecular complexity index is 749. The Morgan fingerprint density at radius 2 is 1.87 bits per heavy atom. The van der Waals surface area contributed by atoms with Crippen LogP contribution in [0.1, 0.15) is 21.5 Å². The fourth-order valence-corrected chi connectivity index (χ4v) is 1.99. The van der Waals surface area contributed by atoms with Crippen molar-refractivity contribution >= 4 is 11.9 Å². The number of ether oxygens (including phenoxy) is 1. The third-order valence-electron chi connectivity index (χ3n) is 3.14. The van der Waals surface area contributed by atoms with E-state index in [1.807, 2.05) is 0 Å². The number of alkyl halides is 3. The van der Waals surface area contributed by atoms with E-state index in [0.717, 1.165) is 18.2 Å². The SMILES string of the molecule is COc1cc(C(=O)/C=C/c2ccccc2C(F)(F)F)ccc1O. The Hall–Kier alpha value is -2.76. The molecule has 2 rings (SSSR count). The van der Waals surface area contributed by atoms with Crippen LogP contribution in [0.5, 0.6) is 11.5 Å². The molecule has 0 aliphatic carbocycles. The number of rotatable bonds is 4. The maximum Gasteiger partial charge on any atom is 0.416 e. The van der Waals surface area contributed by atoms with Crippen molar-refractivity contribution in [3.63, 3.8) is 0 Å². The van der Waals surface area contributed by atoms with Crippen molar-refractivity contribution in [1.82, 2.24) is 0 Å². The van der Waals surface area contributed by atoms with Gasteiger partial charge in [0, 0.05) is 5.56 Å². The molecule has 0 atom stereocenters. The van der Waals surface area contributed by atoms with Crippen LogP contribution in [0.15, 0.2) is 48.5 Å². The molecule has 0 fully saturated rings. The van der Waals surface area contributed by atoms with Gasteiger partial charge in [-0.05, 0) is 35.9 Å². The first kappa shape index (κ1) is 16.6. The van der Waals surface area contributed by atoms with E-state index in [4.69, 9.17) is 4.74 Å². The normalized spacial score (nSPS) is 11.7. The number of halogens is 3. The molecule has 0 aliphatic heterocycles. The van der Waals surface area contributed by atoms with Gasteiger partial charge in [0.25, 0.3) is 0 Å². The number of aromatic hydroxyl groups is 1. The summed E-state index contributed by atoms with van der Waals surface area (Å²) >= 11 is 0. The van der Waals surface area contributed by atoms with Crippen molar-refractivity contribution in [2.24, 2.45) is 0 Å². The van der Waals surface area contributed by atoms with Crippen LogP contribution in [0, 0.1) is 0 Å². The second-order valence-corrected chi connectivity index (χ2v) is 4.67. The Balaban J connectivity index is 2.29. The van der Waals surface area contributed by atoms with Gasteiger partial charge >= 0.3 is 6.18 Å². The van der Waals surface area contributed by atoms with Gasteiger partial charge in [-0.3, -0.25) is 4.79 Å². The van der Waals surface area contributed by atoms with E-state index in [1.54, 1.807) is 0 Å². The number of carbonyl (C=O) groups is 1. The highest BCUT2D eigenvalue weighted by molar-refractivity contribution is 6.07. The lowest BCUT2D eigenvalue weighted by molar-refractivity contribution is -0.137. The van der Waals surface area contributed by atoms with Gasteiger partial charge in [-0.15, -0.1) is 0 Å². The highest BCUT2D eigenvalue weighted by Gasteiger charge is 2.32. The zero-order valence-electron chi connectivity index (χ0n) is 12.1. The Labute approximate surface area is 130 Å². The molecule has 120 valence electrons. The van der Waals surface area contributed by atoms with E-state index >= 15 is 0 Å². The first-order chi connectivity index (χ1) is 10.8. The van der Waals surface area contributed by atoms with E-state index in [1.165, 1.54) is 43.5 Å². The third kappa shape index (κ3) is 3.91. The monoisotopic (exact) mass is 322 g/mol. The highest BCUT2D eigenvalue weighted by Crippen LogP contribution is 2.32. The maximum atomic E-state index is 12.9. The summed E-state index contributed by atoms with van der Waals surface area (Å²) in [5, 5.41) is 9.47. The molecule has 3 nitrogen and oxygen atoms in total. The van der Waals surface area contributed by atoms with E-state index in [-0.39, 0.29) is 22.6 Å². The summed E-state index contributed by atoms with van der Waals surface area (Å²) in [5.41, 5.74) is -0.716. The molecule has 0 aromatic heterocycles. The molecule has 2 aromatic carbocycles. The van der Waals surface area contributed by atoms with Crippen molar-refractivity contribution in [1.29, 1.82) is 0 Å². The Morgan fingerprint density at radius 3 is 2.52 bits per heavy atom. The molecule has 2 aromatic rings. The molecule has 0 spiro atoms. The first-order valence-corrected chi connectivity index (χ1v) is 6.58. The van der Waals surface area contributed by atoms with Gasteiger partial charge in [-0.2, -0.15) is 13.2 Å². The summed E-state index contributed by atoms with van der Waals surface area (Å²) in [6.07, 6.45) is -2.33. The number of benzene rings is 2. The Morgan fingerprint density at radius 1 is 1.17 bits per heavy atom. The van der Waals surface area contributed by atoms with Gasteiger partial charge in [0.05, 0.1) is 12.7 Å². The second-order valence-electron chi connectivity index (χ2n) is 4.67. The second kappa shape index (κ2) is 6.56. The average Bonchev–Trinajstić information content (AvgIpc) is 2.52. The van der Waals surface area contributed by atoms with Gasteiger partial charge in [0.15, 0.2) is 17.3 Å². The largest absolute Gasteiger partial charge is 0.504 e. The van der Waals surface area contributed by atoms with Gasteiger partial charge in [0.1, 0.15) is 0 Å². The maximum absolute atomic E-state index is 12.9. The van der Waals surface area contributed by atoms with Gasteiger partial charge < -0.3 is 9.84 Å². The summed E-state index contributed by atoms with van der Waals surface area (Å²) in [5.74, 6) is -0.518. The summed E-state index contributed by atoms with van der Waals surface area (Å²) < 4.78 is 43.5. The quantitative estimate of drug-likeness (QED) is 0.674. The topological polar surface area (TPSA) is 46.5 Å². The Kier molecular flexibility index (Phi) is 4.74. The van der Waals surface area contributed by atoms with Crippen molar-refractivity contribution in [3.05, 3.63) is 65.2 Å². The van der Waals surface area contributed by atoms with Gasteiger partial charge in [-0.1, -0.05) is 24.3 Å². The van der Waals surface area contributed by atoms with E-state index in [0.29, 0.717) is 0 Å². The van der Waals surface area contributed by atoms with Crippen molar-refractivity contribution < 1.29 is 27.8 Å². The molecule has 0 aliphatic rings. The van der Waals surface area contributed by atoms with Crippen molar-refractivity contribution in [2.45, 2.75) is 6.18 Å². The number of ketones is 1.